The first kappa shape index (κ1) is 1.60. The van der Waals surface area contributed by atoms with Crippen molar-refractivity contribution in [2.75, 3.05) is 0 Å². The van der Waals surface area contributed by atoms with Crippen molar-refractivity contribution in [3.05, 3.63) is 18.7 Å². The van der Waals surface area contributed by atoms with Crippen LogP contribution in [0.2, 0.25) is 0 Å². The molecule has 26 valence electrons. The molecule has 0 spiro atoms. The predicted octanol–water partition coefficient (Wildman–Crippen LogP) is 0.410. The van der Waals surface area contributed by atoms with Crippen LogP contribution in [0.25, 0.3) is 0 Å². The first-order valence-corrected chi connectivity index (χ1v) is 1.35. The van der Waals surface area contributed by atoms with Gasteiger partial charge in [-0.05, 0) is 0 Å². The summed E-state index contributed by atoms with van der Waals surface area (Å²) >= 11 is 0. The number of rotatable bonds is 0. The Morgan fingerprint density at radius 3 is 3.20 bits per heavy atom. The Balaban J connectivity index is 3.05. The lowest BCUT2D eigenvalue weighted by Crippen LogP contribution is -1.44. The van der Waals surface area contributed by atoms with Gasteiger partial charge in [0.25, 0.3) is 0 Å². The van der Waals surface area contributed by atoms with Gasteiger partial charge in [0.05, 0.1) is 6.30 Å². The van der Waals surface area contributed by atoms with Crippen LogP contribution in [0.15, 0.2) is 18.7 Å². The Labute approximate surface area is 31.3 Å². The van der Waals surface area contributed by atoms with Crippen molar-refractivity contribution in [3.8, 4) is 0 Å². The topological polar surface area (TPSA) is 28.7 Å². The highest BCUT2D eigenvalue weighted by Gasteiger charge is 1.56. The summed E-state index contributed by atoms with van der Waals surface area (Å²) in [6.07, 6.45) is 3.38. The quantitative estimate of drug-likeness (QED) is 0.469. The highest BCUT2D eigenvalue weighted by atomic mass is 14.8. The number of nitrogens with zero attached hydrogens (tertiary/aromatic N) is 1. The van der Waals surface area contributed by atoms with Gasteiger partial charge in [-0.3, -0.25) is 0 Å². The lowest BCUT2D eigenvalue weighted by Gasteiger charge is -1.46. The van der Waals surface area contributed by atoms with Crippen LogP contribution in [-0.4, -0.2) is 9.97 Å². The minimum absolute atomic E-state index is 0.218. The number of aromatic amines is 1. The summed E-state index contributed by atoms with van der Waals surface area (Å²) in [6, 6.07) is 0. The summed E-state index contributed by atoms with van der Waals surface area (Å²) in [6.45, 7) is 0. The lowest BCUT2D eigenvalue weighted by atomic mass is 11.0. The number of imidazole rings is 1. The molecule has 0 unspecified atom stereocenters. The van der Waals surface area contributed by atoms with Gasteiger partial charge in [0.1, 0.15) is 1.37 Å². The van der Waals surface area contributed by atoms with E-state index in [1.807, 2.05) is 0 Å². The Morgan fingerprint density at radius 1 is 2.00 bits per heavy atom. The molecule has 0 saturated heterocycles. The summed E-state index contributed by atoms with van der Waals surface area (Å²) in [7, 11) is 0. The molecule has 1 aromatic rings. The normalized spacial score (nSPS) is 10.8. The highest BCUT2D eigenvalue weighted by molar-refractivity contribution is 4.64. The molecule has 0 aliphatic rings. The van der Waals surface area contributed by atoms with Crippen molar-refractivity contribution in [2.24, 2.45) is 0 Å². The fourth-order valence-corrected chi connectivity index (χ4v) is 0.186. The molecule has 0 saturated carbocycles. The van der Waals surface area contributed by atoms with E-state index in [0.717, 1.165) is 0 Å². The van der Waals surface area contributed by atoms with E-state index < -0.39 is 0 Å². The number of aromatic nitrogens is 2. The second kappa shape index (κ2) is 0.885. The third-order valence-corrected chi connectivity index (χ3v) is 0.362. The monoisotopic (exact) mass is 69.0 g/mol. The molecule has 5 heavy (non-hydrogen) atoms. The summed E-state index contributed by atoms with van der Waals surface area (Å²) in [5, 5.41) is 0. The molecule has 0 bridgehead atoms. The van der Waals surface area contributed by atoms with E-state index in [9.17, 15) is 0 Å². The van der Waals surface area contributed by atoms with Crippen molar-refractivity contribution in [3.63, 3.8) is 0 Å². The van der Waals surface area contributed by atoms with Gasteiger partial charge in [0, 0.05) is 12.4 Å². The molecule has 1 rings (SSSR count). The SMILES string of the molecule is [2H]c1ncc[nH]1. The van der Waals surface area contributed by atoms with Gasteiger partial charge in [-0.25, -0.2) is 4.98 Å². The Kier molecular flexibility index (Phi) is 0.283. The molecule has 1 heterocycles. The molecule has 2 heteroatoms. The zero-order valence-electron chi connectivity index (χ0n) is 3.60. The fourth-order valence-electron chi connectivity index (χ4n) is 0.186. The maximum atomic E-state index is 6.71. The molecule has 0 aliphatic heterocycles. The molecule has 0 amide bonds. The molecular weight excluding hydrogens is 64.0 g/mol. The molecule has 0 fully saturated rings. The number of H-pyrrole nitrogens is 1. The van der Waals surface area contributed by atoms with Crippen LogP contribution >= 0.6 is 0 Å². The average molecular weight is 69.1 g/mol. The van der Waals surface area contributed by atoms with Crippen LogP contribution < -0.4 is 0 Å². The molecule has 2 nitrogen and oxygen atoms in total. The van der Waals surface area contributed by atoms with E-state index >= 15 is 0 Å². The minimum atomic E-state index is 0.218. The van der Waals surface area contributed by atoms with Gasteiger partial charge in [-0.1, -0.05) is 0 Å². The Hall–Kier alpha value is -0.790. The molecule has 1 aromatic heterocycles. The van der Waals surface area contributed by atoms with Crippen LogP contribution in [0.3, 0.4) is 0 Å². The summed E-state index contributed by atoms with van der Waals surface area (Å²) in [5.41, 5.74) is 0. The fraction of sp³-hybridized carbons (Fsp3) is 0. The number of nitrogens with one attached hydrogen (secondary N) is 1. The van der Waals surface area contributed by atoms with E-state index in [-0.39, 0.29) is 6.30 Å². The second-order valence-corrected chi connectivity index (χ2v) is 0.701. The molecule has 0 atom stereocenters. The summed E-state index contributed by atoms with van der Waals surface area (Å²) < 4.78 is 6.71. The van der Waals surface area contributed by atoms with Gasteiger partial charge in [-0.2, -0.15) is 0 Å². The second-order valence-electron chi connectivity index (χ2n) is 0.701. The van der Waals surface area contributed by atoms with Crippen molar-refractivity contribution < 1.29 is 1.37 Å². The Morgan fingerprint density at radius 2 is 3.00 bits per heavy atom. The minimum Gasteiger partial charge on any atom is -0.351 e. The number of hydrogen-bond acceptors (Lipinski definition) is 1. The van der Waals surface area contributed by atoms with Gasteiger partial charge in [0.15, 0.2) is 0 Å². The summed E-state index contributed by atoms with van der Waals surface area (Å²) in [4.78, 5) is 6.08. The molecule has 0 aromatic carbocycles. The van der Waals surface area contributed by atoms with Gasteiger partial charge in [0.2, 0.25) is 0 Å². The standard InChI is InChI=1S/C3H4N2/c1-2-5-3-4-1/h1-3H,(H,4,5)/i3D. The van der Waals surface area contributed by atoms with Crippen LogP contribution in [0.1, 0.15) is 1.37 Å². The Bertz CT molecular complexity index is 112. The van der Waals surface area contributed by atoms with Crippen LogP contribution in [0, 0.1) is 0 Å². The highest BCUT2D eigenvalue weighted by Crippen LogP contribution is 1.62. The van der Waals surface area contributed by atoms with E-state index in [2.05, 4.69) is 9.97 Å². The van der Waals surface area contributed by atoms with Crippen LogP contribution in [0.4, 0.5) is 0 Å². The van der Waals surface area contributed by atoms with Crippen molar-refractivity contribution in [1.82, 2.24) is 9.97 Å². The predicted molar refractivity (Wildman–Crippen MR) is 18.6 cm³/mol. The van der Waals surface area contributed by atoms with Crippen molar-refractivity contribution >= 4 is 0 Å². The molecular formula is C3H4N2. The van der Waals surface area contributed by atoms with E-state index in [0.29, 0.717) is 0 Å². The first-order valence-electron chi connectivity index (χ1n) is 1.85. The maximum Gasteiger partial charge on any atom is 0.104 e. The summed E-state index contributed by atoms with van der Waals surface area (Å²) in [5.74, 6) is 0. The lowest BCUT2D eigenvalue weighted by molar-refractivity contribution is 1.31. The van der Waals surface area contributed by atoms with Gasteiger partial charge >= 0.3 is 0 Å². The van der Waals surface area contributed by atoms with E-state index in [1.54, 1.807) is 12.4 Å². The molecule has 1 N–H and O–H groups in total. The van der Waals surface area contributed by atoms with Crippen molar-refractivity contribution in [1.29, 1.82) is 0 Å². The zero-order valence-corrected chi connectivity index (χ0v) is 2.60. The average Bonchev–Trinajstić information content (AvgIpc) is 1.86. The van der Waals surface area contributed by atoms with Crippen molar-refractivity contribution in [2.45, 2.75) is 0 Å². The van der Waals surface area contributed by atoms with Crippen LogP contribution in [0.5, 0.6) is 0 Å². The third-order valence-electron chi connectivity index (χ3n) is 0.362. The third kappa shape index (κ3) is 0.265. The van der Waals surface area contributed by atoms with Crippen LogP contribution in [-0.2, 0) is 0 Å². The molecule has 0 radical (unpaired) electrons. The smallest absolute Gasteiger partial charge is 0.104 e. The molecule has 0 aliphatic carbocycles. The van der Waals surface area contributed by atoms with E-state index in [4.69, 9.17) is 1.37 Å². The largest absolute Gasteiger partial charge is 0.351 e. The first-order chi connectivity index (χ1) is 2.89. The zero-order chi connectivity index (χ0) is 4.41. The van der Waals surface area contributed by atoms with Gasteiger partial charge in [-0.15, -0.1) is 0 Å². The maximum absolute atomic E-state index is 6.71. The van der Waals surface area contributed by atoms with Gasteiger partial charge < -0.3 is 4.98 Å². The number of hydrogen-bond donors (Lipinski definition) is 1. The van der Waals surface area contributed by atoms with E-state index in [1.165, 1.54) is 0 Å².